The second-order valence-electron chi connectivity index (χ2n) is 2.16. The van der Waals surface area contributed by atoms with Crippen molar-refractivity contribution in [3.8, 4) is 5.69 Å². The third kappa shape index (κ3) is 1.29. The van der Waals surface area contributed by atoms with Gasteiger partial charge in [-0.25, -0.2) is 9.67 Å². The van der Waals surface area contributed by atoms with Crippen molar-refractivity contribution in [2.24, 2.45) is 0 Å². The molecular weight excluding hydrogens is 176 g/mol. The number of hydrogen-bond donors (Lipinski definition) is 0. The molecule has 0 unspecified atom stereocenters. The van der Waals surface area contributed by atoms with E-state index >= 15 is 0 Å². The summed E-state index contributed by atoms with van der Waals surface area (Å²) in [5, 5.41) is 4.17. The fourth-order valence-electron chi connectivity index (χ4n) is 0.864. The number of pyridine rings is 1. The molecule has 2 rings (SSSR count). The molecule has 2 aromatic heterocycles. The van der Waals surface area contributed by atoms with Crippen molar-refractivity contribution in [2.75, 3.05) is 0 Å². The molecule has 0 radical (unpaired) electrons. The lowest BCUT2D eigenvalue weighted by molar-refractivity contribution is 0.876. The molecule has 2 aromatic rings. The predicted molar refractivity (Wildman–Crippen MR) is 44.2 cm³/mol. The maximum Gasteiger partial charge on any atom is 0.242 e. The molecule has 0 atom stereocenters. The van der Waals surface area contributed by atoms with Crippen molar-refractivity contribution < 1.29 is 0 Å². The Bertz CT molecular complexity index is 370. The summed E-state index contributed by atoms with van der Waals surface area (Å²) >= 11 is 5.55. The third-order valence-corrected chi connectivity index (χ3v) is 1.56. The van der Waals surface area contributed by atoms with Crippen molar-refractivity contribution in [1.29, 1.82) is 0 Å². The van der Waals surface area contributed by atoms with Gasteiger partial charge in [0.2, 0.25) is 5.28 Å². The molecule has 12 heavy (non-hydrogen) atoms. The third-order valence-electron chi connectivity index (χ3n) is 1.39. The number of nitrogens with zero attached hydrogens (tertiary/aromatic N) is 4. The van der Waals surface area contributed by atoms with Crippen LogP contribution in [0, 0.1) is 0 Å². The number of hydrogen-bond acceptors (Lipinski definition) is 3. The first kappa shape index (κ1) is 7.24. The van der Waals surface area contributed by atoms with E-state index in [4.69, 9.17) is 11.6 Å². The molecule has 0 N–H and O–H groups in total. The van der Waals surface area contributed by atoms with Gasteiger partial charge in [0, 0.05) is 12.4 Å². The summed E-state index contributed by atoms with van der Waals surface area (Å²) in [5.41, 5.74) is 0.893. The van der Waals surface area contributed by atoms with Crippen LogP contribution in [-0.2, 0) is 0 Å². The molecule has 5 heteroatoms. The van der Waals surface area contributed by atoms with Crippen LogP contribution in [0.25, 0.3) is 5.69 Å². The van der Waals surface area contributed by atoms with Gasteiger partial charge in [-0.05, 0) is 23.7 Å². The van der Waals surface area contributed by atoms with Gasteiger partial charge in [-0.2, -0.15) is 0 Å². The number of aromatic nitrogens is 4. The fourth-order valence-corrected chi connectivity index (χ4v) is 0.989. The molecule has 4 nitrogen and oxygen atoms in total. The smallest absolute Gasteiger partial charge is 0.242 e. The topological polar surface area (TPSA) is 43.6 Å². The first-order chi connectivity index (χ1) is 5.86. The zero-order valence-corrected chi connectivity index (χ0v) is 6.81. The second-order valence-corrected chi connectivity index (χ2v) is 2.50. The molecule has 0 bridgehead atoms. The van der Waals surface area contributed by atoms with E-state index in [2.05, 4.69) is 15.1 Å². The molecule has 0 fully saturated rings. The zero-order valence-electron chi connectivity index (χ0n) is 6.05. The lowest BCUT2D eigenvalue weighted by Gasteiger charge is -1.96. The molecule has 2 heterocycles. The fraction of sp³-hybridized carbons (Fsp3) is 0. The van der Waals surface area contributed by atoms with Crippen LogP contribution >= 0.6 is 11.6 Å². The van der Waals surface area contributed by atoms with Crippen LogP contribution in [0.2, 0.25) is 5.28 Å². The van der Waals surface area contributed by atoms with Crippen molar-refractivity contribution in [3.63, 3.8) is 0 Å². The normalized spacial score (nSPS) is 10.1. The summed E-state index contributed by atoms with van der Waals surface area (Å²) in [7, 11) is 0. The Hall–Kier alpha value is -1.42. The van der Waals surface area contributed by atoms with Gasteiger partial charge in [0.15, 0.2) is 0 Å². The molecule has 60 valence electrons. The molecule has 0 saturated heterocycles. The van der Waals surface area contributed by atoms with Crippen molar-refractivity contribution in [3.05, 3.63) is 36.1 Å². The maximum atomic E-state index is 5.55. The SMILES string of the molecule is Clc1ncn(-c2ccncc2)n1. The highest BCUT2D eigenvalue weighted by Crippen LogP contribution is 2.05. The van der Waals surface area contributed by atoms with Crippen LogP contribution in [0.15, 0.2) is 30.9 Å². The first-order valence-corrected chi connectivity index (χ1v) is 3.71. The average molecular weight is 181 g/mol. The Labute approximate surface area is 73.8 Å². The molecule has 0 aromatic carbocycles. The summed E-state index contributed by atoms with van der Waals surface area (Å²) in [6, 6.07) is 3.65. The van der Waals surface area contributed by atoms with Gasteiger partial charge in [0.1, 0.15) is 6.33 Å². The highest BCUT2D eigenvalue weighted by Gasteiger charge is 1.97. The Balaban J connectivity index is 2.45. The van der Waals surface area contributed by atoms with E-state index in [1.807, 2.05) is 12.1 Å². The predicted octanol–water partition coefficient (Wildman–Crippen LogP) is 1.32. The highest BCUT2D eigenvalue weighted by atomic mass is 35.5. The molecule has 0 amide bonds. The lowest BCUT2D eigenvalue weighted by Crippen LogP contribution is -1.93. The van der Waals surface area contributed by atoms with Crippen LogP contribution in [-0.4, -0.2) is 19.7 Å². The standard InChI is InChI=1S/C7H5ClN4/c8-7-10-5-12(11-7)6-1-3-9-4-2-6/h1-5H. The van der Waals surface area contributed by atoms with Crippen molar-refractivity contribution in [1.82, 2.24) is 19.7 Å². The Morgan fingerprint density at radius 2 is 2.00 bits per heavy atom. The minimum atomic E-state index is 0.242. The molecular formula is C7H5ClN4. The maximum absolute atomic E-state index is 5.55. The van der Waals surface area contributed by atoms with E-state index in [1.54, 1.807) is 23.4 Å². The average Bonchev–Trinajstić information content (AvgIpc) is 2.54. The number of rotatable bonds is 1. The van der Waals surface area contributed by atoms with E-state index in [1.165, 1.54) is 0 Å². The minimum absolute atomic E-state index is 0.242. The number of halogens is 1. The Morgan fingerprint density at radius 3 is 2.58 bits per heavy atom. The summed E-state index contributed by atoms with van der Waals surface area (Å²) < 4.78 is 1.59. The molecule has 0 aliphatic carbocycles. The summed E-state index contributed by atoms with van der Waals surface area (Å²) in [5.74, 6) is 0. The summed E-state index contributed by atoms with van der Waals surface area (Å²) in [6.07, 6.45) is 4.92. The molecule has 0 saturated carbocycles. The van der Waals surface area contributed by atoms with Crippen molar-refractivity contribution in [2.45, 2.75) is 0 Å². The van der Waals surface area contributed by atoms with Gasteiger partial charge in [0.25, 0.3) is 0 Å². The molecule has 0 spiro atoms. The van der Waals surface area contributed by atoms with Crippen LogP contribution < -0.4 is 0 Å². The van der Waals surface area contributed by atoms with E-state index in [-0.39, 0.29) is 5.28 Å². The monoisotopic (exact) mass is 180 g/mol. The van der Waals surface area contributed by atoms with Gasteiger partial charge < -0.3 is 0 Å². The second kappa shape index (κ2) is 2.91. The van der Waals surface area contributed by atoms with Crippen molar-refractivity contribution >= 4 is 11.6 Å². The van der Waals surface area contributed by atoms with E-state index in [0.29, 0.717) is 0 Å². The van der Waals surface area contributed by atoms with E-state index in [9.17, 15) is 0 Å². The van der Waals surface area contributed by atoms with Gasteiger partial charge in [-0.15, -0.1) is 5.10 Å². The minimum Gasteiger partial charge on any atom is -0.265 e. The van der Waals surface area contributed by atoms with Gasteiger partial charge in [-0.1, -0.05) is 0 Å². The molecule has 0 aliphatic heterocycles. The van der Waals surface area contributed by atoms with E-state index in [0.717, 1.165) is 5.69 Å². The summed E-state index contributed by atoms with van der Waals surface area (Å²) in [6.45, 7) is 0. The van der Waals surface area contributed by atoms with E-state index < -0.39 is 0 Å². The largest absolute Gasteiger partial charge is 0.265 e. The van der Waals surface area contributed by atoms with Crippen LogP contribution in [0.3, 0.4) is 0 Å². The van der Waals surface area contributed by atoms with Crippen LogP contribution in [0.4, 0.5) is 0 Å². The van der Waals surface area contributed by atoms with Gasteiger partial charge in [0.05, 0.1) is 5.69 Å². The quantitative estimate of drug-likeness (QED) is 0.665. The molecule has 0 aliphatic rings. The Kier molecular flexibility index (Phi) is 1.75. The first-order valence-electron chi connectivity index (χ1n) is 3.34. The van der Waals surface area contributed by atoms with Gasteiger partial charge >= 0.3 is 0 Å². The lowest BCUT2D eigenvalue weighted by atomic mass is 10.4. The van der Waals surface area contributed by atoms with Crippen LogP contribution in [0.1, 0.15) is 0 Å². The zero-order chi connectivity index (χ0) is 8.39. The van der Waals surface area contributed by atoms with Gasteiger partial charge in [-0.3, -0.25) is 4.98 Å². The Morgan fingerprint density at radius 1 is 1.25 bits per heavy atom. The van der Waals surface area contributed by atoms with Crippen LogP contribution in [0.5, 0.6) is 0 Å². The highest BCUT2D eigenvalue weighted by molar-refractivity contribution is 6.28. The summed E-state index contributed by atoms with van der Waals surface area (Å²) in [4.78, 5) is 7.67.